The van der Waals surface area contributed by atoms with Crippen LogP contribution in [0.4, 0.5) is 0 Å². The van der Waals surface area contributed by atoms with E-state index >= 15 is 0 Å². The van der Waals surface area contributed by atoms with Crippen molar-refractivity contribution in [3.8, 4) is 5.75 Å². The van der Waals surface area contributed by atoms with Crippen LogP contribution in [-0.4, -0.2) is 47.0 Å². The van der Waals surface area contributed by atoms with E-state index in [0.29, 0.717) is 19.5 Å². The zero-order valence-electron chi connectivity index (χ0n) is 16.7. The van der Waals surface area contributed by atoms with E-state index in [1.54, 1.807) is 7.11 Å². The summed E-state index contributed by atoms with van der Waals surface area (Å²) in [7, 11) is 3.57. The monoisotopic (exact) mass is 371 g/mol. The highest BCUT2D eigenvalue weighted by atomic mass is 16.5. The fourth-order valence-corrected chi connectivity index (χ4v) is 3.66. The maximum Gasteiger partial charge on any atom is 0.227 e. The summed E-state index contributed by atoms with van der Waals surface area (Å²) in [5.74, 6) is 0.895. The standard InChI is InChI=1S/C21H29N3O3/c1-15-19(16(2)23(3)22-15)12-21(25)24(14-18-9-7-11-27-18)13-17-8-5-6-10-20(17)26-4/h5-6,8,10,18H,7,9,11-14H2,1-4H3. The van der Waals surface area contributed by atoms with Crippen molar-refractivity contribution in [1.29, 1.82) is 0 Å². The van der Waals surface area contributed by atoms with E-state index in [1.807, 2.05) is 54.7 Å². The average molecular weight is 371 g/mol. The zero-order chi connectivity index (χ0) is 19.4. The van der Waals surface area contributed by atoms with Crippen molar-refractivity contribution >= 4 is 5.91 Å². The molecule has 146 valence electrons. The van der Waals surface area contributed by atoms with Crippen LogP contribution >= 0.6 is 0 Å². The van der Waals surface area contributed by atoms with Gasteiger partial charge in [0.15, 0.2) is 0 Å². The summed E-state index contributed by atoms with van der Waals surface area (Å²) in [4.78, 5) is 15.1. The maximum atomic E-state index is 13.2. The van der Waals surface area contributed by atoms with Crippen LogP contribution in [0, 0.1) is 13.8 Å². The molecule has 3 rings (SSSR count). The molecule has 1 aliphatic rings. The average Bonchev–Trinajstić information content (AvgIpc) is 3.25. The first-order valence-electron chi connectivity index (χ1n) is 9.50. The number of hydrogen-bond acceptors (Lipinski definition) is 4. The molecule has 2 heterocycles. The van der Waals surface area contributed by atoms with Gasteiger partial charge in [0.1, 0.15) is 5.75 Å². The molecule has 1 unspecified atom stereocenters. The number of benzene rings is 1. The summed E-state index contributed by atoms with van der Waals surface area (Å²) < 4.78 is 13.1. The summed E-state index contributed by atoms with van der Waals surface area (Å²) in [6.07, 6.45) is 2.52. The molecule has 1 saturated heterocycles. The molecule has 0 saturated carbocycles. The minimum Gasteiger partial charge on any atom is -0.496 e. The number of aromatic nitrogens is 2. The lowest BCUT2D eigenvalue weighted by Crippen LogP contribution is -2.38. The highest BCUT2D eigenvalue weighted by Crippen LogP contribution is 2.22. The van der Waals surface area contributed by atoms with Gasteiger partial charge in [0.05, 0.1) is 25.3 Å². The summed E-state index contributed by atoms with van der Waals surface area (Å²) in [6, 6.07) is 7.85. The van der Waals surface area contributed by atoms with Crippen LogP contribution in [0.2, 0.25) is 0 Å². The maximum absolute atomic E-state index is 13.2. The van der Waals surface area contributed by atoms with Crippen molar-refractivity contribution in [1.82, 2.24) is 14.7 Å². The number of carbonyl (C=O) groups is 1. The molecule has 6 heteroatoms. The van der Waals surface area contributed by atoms with Crippen LogP contribution in [0.1, 0.15) is 35.4 Å². The predicted molar refractivity (Wildman–Crippen MR) is 104 cm³/mol. The molecule has 0 radical (unpaired) electrons. The van der Waals surface area contributed by atoms with Crippen molar-refractivity contribution < 1.29 is 14.3 Å². The summed E-state index contributed by atoms with van der Waals surface area (Å²) in [6.45, 7) is 5.87. The number of para-hydroxylation sites is 1. The fourth-order valence-electron chi connectivity index (χ4n) is 3.66. The lowest BCUT2D eigenvalue weighted by atomic mass is 10.1. The van der Waals surface area contributed by atoms with Gasteiger partial charge >= 0.3 is 0 Å². The third-order valence-electron chi connectivity index (χ3n) is 5.34. The Kier molecular flexibility index (Phi) is 6.16. The molecule has 2 aromatic rings. The Morgan fingerprint density at radius 3 is 2.78 bits per heavy atom. The molecular weight excluding hydrogens is 342 g/mol. The number of carbonyl (C=O) groups excluding carboxylic acids is 1. The Hall–Kier alpha value is -2.34. The number of ether oxygens (including phenoxy) is 2. The van der Waals surface area contributed by atoms with E-state index in [2.05, 4.69) is 5.10 Å². The third-order valence-corrected chi connectivity index (χ3v) is 5.34. The van der Waals surface area contributed by atoms with Crippen molar-refractivity contribution in [2.75, 3.05) is 20.3 Å². The van der Waals surface area contributed by atoms with Crippen molar-refractivity contribution in [2.24, 2.45) is 7.05 Å². The van der Waals surface area contributed by atoms with Crippen molar-refractivity contribution in [3.05, 3.63) is 46.8 Å². The van der Waals surface area contributed by atoms with Gasteiger partial charge in [-0.1, -0.05) is 18.2 Å². The van der Waals surface area contributed by atoms with Gasteiger partial charge in [-0.2, -0.15) is 5.10 Å². The largest absolute Gasteiger partial charge is 0.496 e. The van der Waals surface area contributed by atoms with Crippen molar-refractivity contribution in [3.63, 3.8) is 0 Å². The normalized spacial score (nSPS) is 16.5. The third kappa shape index (κ3) is 4.50. The SMILES string of the molecule is COc1ccccc1CN(CC1CCCO1)C(=O)Cc1c(C)nn(C)c1C. The van der Waals surface area contributed by atoms with E-state index in [9.17, 15) is 4.79 Å². The molecule has 1 aromatic carbocycles. The molecule has 1 aromatic heterocycles. The van der Waals surface area contributed by atoms with E-state index < -0.39 is 0 Å². The molecule has 27 heavy (non-hydrogen) atoms. The number of rotatable bonds is 7. The second-order valence-electron chi connectivity index (χ2n) is 7.17. The van der Waals surface area contributed by atoms with E-state index in [4.69, 9.17) is 9.47 Å². The smallest absolute Gasteiger partial charge is 0.227 e. The topological polar surface area (TPSA) is 56.6 Å². The first-order valence-corrected chi connectivity index (χ1v) is 9.50. The Morgan fingerprint density at radius 1 is 1.37 bits per heavy atom. The Balaban J connectivity index is 1.81. The highest BCUT2D eigenvalue weighted by molar-refractivity contribution is 5.79. The number of amides is 1. The number of methoxy groups -OCH3 is 1. The van der Waals surface area contributed by atoms with Gasteiger partial charge < -0.3 is 14.4 Å². The summed E-state index contributed by atoms with van der Waals surface area (Å²) in [5, 5.41) is 4.44. The fraction of sp³-hybridized carbons (Fsp3) is 0.524. The van der Waals surface area contributed by atoms with Crippen LogP contribution < -0.4 is 4.74 Å². The minimum absolute atomic E-state index is 0.0932. The Labute approximate surface area is 161 Å². The number of aryl methyl sites for hydroxylation is 2. The molecule has 1 amide bonds. The molecule has 0 N–H and O–H groups in total. The van der Waals surface area contributed by atoms with E-state index in [-0.39, 0.29) is 12.0 Å². The Morgan fingerprint density at radius 2 is 2.15 bits per heavy atom. The van der Waals surface area contributed by atoms with E-state index in [1.165, 1.54) is 0 Å². The van der Waals surface area contributed by atoms with Gasteiger partial charge in [0.2, 0.25) is 5.91 Å². The van der Waals surface area contributed by atoms with Crippen molar-refractivity contribution in [2.45, 2.75) is 45.8 Å². The predicted octanol–water partition coefficient (Wildman–Crippen LogP) is 2.80. The molecule has 1 atom stereocenters. The van der Waals surface area contributed by atoms with Gasteiger partial charge in [-0.05, 0) is 32.8 Å². The van der Waals surface area contributed by atoms with Crippen LogP contribution in [0.5, 0.6) is 5.75 Å². The Bertz CT molecular complexity index is 794. The molecule has 1 aliphatic heterocycles. The quantitative estimate of drug-likeness (QED) is 0.751. The molecule has 1 fully saturated rings. The first-order chi connectivity index (χ1) is 13.0. The second kappa shape index (κ2) is 8.57. The van der Waals surface area contributed by atoms with Gasteiger partial charge in [-0.3, -0.25) is 9.48 Å². The van der Waals surface area contributed by atoms with Crippen LogP contribution in [0.15, 0.2) is 24.3 Å². The van der Waals surface area contributed by atoms with Gasteiger partial charge in [-0.15, -0.1) is 0 Å². The first kappa shape index (κ1) is 19.4. The summed E-state index contributed by atoms with van der Waals surface area (Å²) in [5.41, 5.74) is 3.97. The van der Waals surface area contributed by atoms with Crippen LogP contribution in [-0.2, 0) is 29.5 Å². The molecule has 0 spiro atoms. The summed E-state index contributed by atoms with van der Waals surface area (Å²) >= 11 is 0. The van der Waals surface area contributed by atoms with Gasteiger partial charge in [0, 0.05) is 43.6 Å². The highest BCUT2D eigenvalue weighted by Gasteiger charge is 2.25. The molecule has 0 aliphatic carbocycles. The van der Waals surface area contributed by atoms with Gasteiger partial charge in [-0.25, -0.2) is 0 Å². The molecule has 6 nitrogen and oxygen atoms in total. The molecular formula is C21H29N3O3. The lowest BCUT2D eigenvalue weighted by Gasteiger charge is -2.26. The van der Waals surface area contributed by atoms with Crippen LogP contribution in [0.25, 0.3) is 0 Å². The zero-order valence-corrected chi connectivity index (χ0v) is 16.7. The minimum atomic E-state index is 0.0932. The van der Waals surface area contributed by atoms with E-state index in [0.717, 1.165) is 47.7 Å². The second-order valence-corrected chi connectivity index (χ2v) is 7.17. The molecule has 0 bridgehead atoms. The lowest BCUT2D eigenvalue weighted by molar-refractivity contribution is -0.132. The number of hydrogen-bond donors (Lipinski definition) is 0. The van der Waals surface area contributed by atoms with Gasteiger partial charge in [0.25, 0.3) is 0 Å². The number of nitrogens with zero attached hydrogens (tertiary/aromatic N) is 3. The van der Waals surface area contributed by atoms with Crippen LogP contribution in [0.3, 0.4) is 0 Å².